The molecule has 2 aliphatic rings. The third-order valence-electron chi connectivity index (χ3n) is 8.18. The van der Waals surface area contributed by atoms with Crippen molar-refractivity contribution < 1.29 is 15.0 Å². The number of imidazole rings is 1. The third-order valence-corrected chi connectivity index (χ3v) is 8.18. The summed E-state index contributed by atoms with van der Waals surface area (Å²) in [5.41, 5.74) is -1.07. The molecule has 0 bridgehead atoms. The molecule has 0 saturated heterocycles. The van der Waals surface area contributed by atoms with Gasteiger partial charge in [-0.05, 0) is 76.5 Å². The van der Waals surface area contributed by atoms with E-state index in [2.05, 4.69) is 33.4 Å². The maximum absolute atomic E-state index is 11.7. The molecule has 2 aromatic heterocycles. The molecule has 4 rings (SSSR count). The molecule has 7 N–H and O–H groups in total. The number of terminal acetylenes is 1. The summed E-state index contributed by atoms with van der Waals surface area (Å²) in [4.78, 5) is 25.0. The zero-order valence-corrected chi connectivity index (χ0v) is 23.3. The van der Waals surface area contributed by atoms with Crippen LogP contribution in [0.15, 0.2) is 12.3 Å². The highest BCUT2D eigenvalue weighted by Crippen LogP contribution is 2.36. The van der Waals surface area contributed by atoms with Gasteiger partial charge in [0.25, 0.3) is 0 Å². The van der Waals surface area contributed by atoms with Gasteiger partial charge in [0.05, 0.1) is 5.71 Å². The van der Waals surface area contributed by atoms with Crippen LogP contribution in [0.2, 0.25) is 0 Å². The fourth-order valence-corrected chi connectivity index (χ4v) is 5.45. The van der Waals surface area contributed by atoms with Crippen LogP contribution >= 0.6 is 0 Å². The maximum Gasteiger partial charge on any atom is 0.410 e. The van der Waals surface area contributed by atoms with Crippen molar-refractivity contribution in [2.75, 3.05) is 12.4 Å². The average molecular weight is 550 g/mol. The van der Waals surface area contributed by atoms with Crippen LogP contribution < -0.4 is 16.0 Å². The van der Waals surface area contributed by atoms with Gasteiger partial charge < -0.3 is 30.8 Å². The molecule has 40 heavy (non-hydrogen) atoms. The van der Waals surface area contributed by atoms with Crippen LogP contribution in [0.5, 0.6) is 0 Å². The molecule has 2 heterocycles. The van der Waals surface area contributed by atoms with Crippen LogP contribution in [0.1, 0.15) is 70.4 Å². The molecule has 0 aromatic carbocycles. The van der Waals surface area contributed by atoms with Gasteiger partial charge in [0.15, 0.2) is 28.7 Å². The molecule has 2 atom stereocenters. The van der Waals surface area contributed by atoms with E-state index in [1.807, 2.05) is 9.88 Å². The number of amides is 1. The molecule has 0 radical (unpaired) electrons. The predicted octanol–water partition coefficient (Wildman–Crippen LogP) is 3.42. The van der Waals surface area contributed by atoms with Crippen LogP contribution in [0, 0.1) is 40.9 Å². The van der Waals surface area contributed by atoms with Gasteiger partial charge in [0.1, 0.15) is 11.3 Å². The molecule has 1 unspecified atom stereocenters. The van der Waals surface area contributed by atoms with Gasteiger partial charge in [-0.15, -0.1) is 12.3 Å². The lowest BCUT2D eigenvalue weighted by atomic mass is 9.80. The van der Waals surface area contributed by atoms with E-state index in [1.165, 1.54) is 19.4 Å². The first-order chi connectivity index (χ1) is 19.0. The number of nitrogens with zero attached hydrogens (tertiary/aromatic N) is 4. The number of rotatable bonds is 10. The van der Waals surface area contributed by atoms with Gasteiger partial charge in [-0.25, -0.2) is 19.7 Å². The van der Waals surface area contributed by atoms with Crippen molar-refractivity contribution in [1.82, 2.24) is 30.2 Å². The van der Waals surface area contributed by atoms with Crippen LogP contribution in [0.3, 0.4) is 0 Å². The van der Waals surface area contributed by atoms with Crippen LogP contribution in [-0.2, 0) is 12.1 Å². The fourth-order valence-electron chi connectivity index (χ4n) is 5.45. The molecular formula is C28H39N9O3. The molecule has 0 spiro atoms. The summed E-state index contributed by atoms with van der Waals surface area (Å²) in [6.45, 7) is 4.12. The van der Waals surface area contributed by atoms with Crippen LogP contribution in [-0.4, -0.2) is 60.5 Å². The van der Waals surface area contributed by atoms with E-state index in [4.69, 9.17) is 27.3 Å². The quantitative estimate of drug-likeness (QED) is 0.133. The Morgan fingerprint density at radius 1 is 1.23 bits per heavy atom. The Balaban J connectivity index is 1.87. The minimum Gasteiger partial charge on any atom is -0.465 e. The van der Waals surface area contributed by atoms with E-state index in [0.29, 0.717) is 23.8 Å². The first-order valence-electron chi connectivity index (χ1n) is 13.8. The third kappa shape index (κ3) is 6.09. The SMILES string of the molecule is C#C[C@H]1CC[C@H](Cn2c(C(C)(O)C(=N)/C=C\NC)nc3nc(C(=N)NC(=O)O)nc(N[C@H](C)C4CCC4)c32)CC1. The second-order valence-corrected chi connectivity index (χ2v) is 11.0. The normalized spacial score (nSPS) is 21.7. The van der Waals surface area contributed by atoms with Gasteiger partial charge >= 0.3 is 6.09 Å². The number of aromatic nitrogens is 4. The largest absolute Gasteiger partial charge is 0.465 e. The van der Waals surface area contributed by atoms with Gasteiger partial charge in [0, 0.05) is 25.6 Å². The summed E-state index contributed by atoms with van der Waals surface area (Å²) in [5.74, 6) is 3.90. The number of anilines is 1. The fraction of sp³-hybridized carbons (Fsp3) is 0.571. The Bertz CT molecular complexity index is 1340. The number of aliphatic hydroxyl groups is 1. The second-order valence-electron chi connectivity index (χ2n) is 11.0. The molecule has 2 saturated carbocycles. The van der Waals surface area contributed by atoms with E-state index in [1.54, 1.807) is 13.2 Å². The summed E-state index contributed by atoms with van der Waals surface area (Å²) in [5, 5.41) is 46.0. The molecule has 1 amide bonds. The number of carboxylic acid groups (broad SMARTS) is 1. The van der Waals surface area contributed by atoms with Gasteiger partial charge in [-0.2, -0.15) is 0 Å². The molecule has 12 nitrogen and oxygen atoms in total. The topological polar surface area (TPSA) is 185 Å². The number of hydrogen-bond donors (Lipinski definition) is 7. The highest BCUT2D eigenvalue weighted by molar-refractivity contribution is 6.03. The second kappa shape index (κ2) is 12.0. The number of hydrogen-bond acceptors (Lipinski definition) is 9. The number of carbonyl (C=O) groups is 1. The molecule has 0 aliphatic heterocycles. The van der Waals surface area contributed by atoms with Crippen molar-refractivity contribution in [2.45, 2.75) is 77.0 Å². The Morgan fingerprint density at radius 3 is 2.50 bits per heavy atom. The minimum absolute atomic E-state index is 0.0663. The molecule has 214 valence electrons. The summed E-state index contributed by atoms with van der Waals surface area (Å²) >= 11 is 0. The van der Waals surface area contributed by atoms with Gasteiger partial charge in [-0.1, -0.05) is 6.42 Å². The van der Waals surface area contributed by atoms with Crippen molar-refractivity contribution >= 4 is 34.6 Å². The van der Waals surface area contributed by atoms with Crippen molar-refractivity contribution in [3.8, 4) is 12.3 Å². The van der Waals surface area contributed by atoms with Crippen molar-refractivity contribution in [2.24, 2.45) is 17.8 Å². The highest BCUT2D eigenvalue weighted by Gasteiger charge is 2.37. The van der Waals surface area contributed by atoms with E-state index >= 15 is 0 Å². The van der Waals surface area contributed by atoms with Gasteiger partial charge in [0.2, 0.25) is 0 Å². The van der Waals surface area contributed by atoms with E-state index in [-0.39, 0.29) is 40.9 Å². The Labute approximate surface area is 234 Å². The summed E-state index contributed by atoms with van der Waals surface area (Å²) in [6, 6.07) is 0.0663. The summed E-state index contributed by atoms with van der Waals surface area (Å²) in [6.07, 6.45) is 14.3. The molecule has 2 aromatic rings. The first-order valence-corrected chi connectivity index (χ1v) is 13.8. The van der Waals surface area contributed by atoms with Crippen molar-refractivity contribution in [1.29, 1.82) is 10.8 Å². The maximum atomic E-state index is 11.7. The predicted molar refractivity (Wildman–Crippen MR) is 154 cm³/mol. The number of amidine groups is 1. The standard InChI is InChI=1S/C28H39N9O3/c1-5-17-9-11-18(12-10-17)15-37-21-23(32-16(2)19-7-6-8-19)34-25(22(30)33-27(38)39)35-24(21)36-26(37)28(3,40)20(29)13-14-31-4/h1,13-14,16-19,29,31,40H,6-12,15H2,2-4H3,(H2,30,33)(H,38,39)(H,32,34,35)/b14-13-,29-20?/t16-,17-,18-,28?/m1/s1. The highest BCUT2D eigenvalue weighted by atomic mass is 16.4. The lowest BCUT2D eigenvalue weighted by Crippen LogP contribution is -2.35. The van der Waals surface area contributed by atoms with E-state index in [0.717, 1.165) is 38.5 Å². The molecule has 2 fully saturated rings. The summed E-state index contributed by atoms with van der Waals surface area (Å²) < 4.78 is 1.89. The van der Waals surface area contributed by atoms with E-state index in [9.17, 15) is 9.90 Å². The molecule has 12 heteroatoms. The zero-order valence-electron chi connectivity index (χ0n) is 23.3. The number of nitrogens with one attached hydrogen (secondary N) is 5. The molecule has 2 aliphatic carbocycles. The lowest BCUT2D eigenvalue weighted by Gasteiger charge is -2.32. The smallest absolute Gasteiger partial charge is 0.410 e. The first kappa shape index (κ1) is 29.0. The Hall–Kier alpha value is -3.98. The zero-order chi connectivity index (χ0) is 29.0. The lowest BCUT2D eigenvalue weighted by molar-refractivity contribution is 0.116. The van der Waals surface area contributed by atoms with Crippen molar-refractivity contribution in [3.63, 3.8) is 0 Å². The summed E-state index contributed by atoms with van der Waals surface area (Å²) in [7, 11) is 1.71. The average Bonchev–Trinajstić information content (AvgIpc) is 3.25. The minimum atomic E-state index is -1.77. The monoisotopic (exact) mass is 549 g/mol. The molecular weight excluding hydrogens is 510 g/mol. The Kier molecular flexibility index (Phi) is 8.73. The van der Waals surface area contributed by atoms with Crippen molar-refractivity contribution in [3.05, 3.63) is 23.9 Å². The van der Waals surface area contributed by atoms with Crippen LogP contribution in [0.25, 0.3) is 11.2 Å². The Morgan fingerprint density at radius 2 is 1.93 bits per heavy atom. The van der Waals surface area contributed by atoms with Crippen LogP contribution in [0.4, 0.5) is 10.6 Å². The van der Waals surface area contributed by atoms with E-state index < -0.39 is 17.5 Å². The number of fused-ring (bicyclic) bond motifs is 1. The van der Waals surface area contributed by atoms with Gasteiger partial charge in [-0.3, -0.25) is 10.7 Å².